The molecule has 3 aromatic rings. The maximum Gasteiger partial charge on any atom is 0.274 e. The highest BCUT2D eigenvalue weighted by molar-refractivity contribution is 5.92. The van der Waals surface area contributed by atoms with E-state index in [0.717, 1.165) is 0 Å². The van der Waals surface area contributed by atoms with Crippen LogP contribution in [0.15, 0.2) is 35.0 Å². The first kappa shape index (κ1) is 15.9. The smallest absolute Gasteiger partial charge is 0.274 e. The molecule has 5 N–H and O–H groups in total. The van der Waals surface area contributed by atoms with Crippen LogP contribution in [-0.4, -0.2) is 40.6 Å². The Morgan fingerprint density at radius 2 is 1.92 bits per heavy atom. The first-order valence-electron chi connectivity index (χ1n) is 6.84. The Morgan fingerprint density at radius 3 is 2.64 bits per heavy atom. The van der Waals surface area contributed by atoms with Crippen LogP contribution in [0.25, 0.3) is 5.95 Å². The van der Waals surface area contributed by atoms with Gasteiger partial charge in [-0.3, -0.25) is 4.79 Å². The summed E-state index contributed by atoms with van der Waals surface area (Å²) in [4.78, 5) is 31.0. The van der Waals surface area contributed by atoms with E-state index in [0.29, 0.717) is 0 Å². The van der Waals surface area contributed by atoms with E-state index in [2.05, 4.69) is 45.6 Å². The average Bonchev–Trinajstić information content (AvgIpc) is 3.02. The van der Waals surface area contributed by atoms with Crippen LogP contribution in [0, 0.1) is 0 Å². The molecule has 0 aliphatic heterocycles. The normalized spacial score (nSPS) is 10.9. The number of hydrogen-bond donors (Lipinski definition) is 3. The highest BCUT2D eigenvalue weighted by Gasteiger charge is 2.14. The van der Waals surface area contributed by atoms with E-state index in [1.54, 1.807) is 18.5 Å². The minimum absolute atomic E-state index is 0.0308. The minimum Gasteiger partial charge on any atom is -0.382 e. The fourth-order valence-corrected chi connectivity index (χ4v) is 1.78. The summed E-state index contributed by atoms with van der Waals surface area (Å²) in [6.45, 7) is 1.30. The summed E-state index contributed by atoms with van der Waals surface area (Å²) in [7, 11) is 0. The first-order chi connectivity index (χ1) is 12.0. The van der Waals surface area contributed by atoms with E-state index in [1.165, 1.54) is 17.9 Å². The van der Waals surface area contributed by atoms with E-state index in [4.69, 9.17) is 11.5 Å². The minimum atomic E-state index is -0.380. The molecule has 0 aromatic carbocycles. The van der Waals surface area contributed by atoms with Crippen molar-refractivity contribution < 1.29 is 4.79 Å². The second-order valence-electron chi connectivity index (χ2n) is 4.57. The average molecular weight is 340 g/mol. The van der Waals surface area contributed by atoms with Gasteiger partial charge in [0, 0.05) is 19.3 Å². The van der Waals surface area contributed by atoms with Crippen molar-refractivity contribution in [3.63, 3.8) is 0 Å². The molecule has 0 radical (unpaired) electrons. The lowest BCUT2D eigenvalue weighted by molar-refractivity contribution is -0.114. The zero-order chi connectivity index (χ0) is 17.8. The van der Waals surface area contributed by atoms with Gasteiger partial charge in [0.05, 0.1) is 0 Å². The van der Waals surface area contributed by atoms with Crippen molar-refractivity contribution in [2.24, 2.45) is 10.2 Å². The zero-order valence-electron chi connectivity index (χ0n) is 12.9. The van der Waals surface area contributed by atoms with Crippen LogP contribution in [0.2, 0.25) is 0 Å². The van der Waals surface area contributed by atoms with Gasteiger partial charge in [-0.05, 0) is 6.07 Å². The van der Waals surface area contributed by atoms with Crippen LogP contribution in [0.3, 0.4) is 0 Å². The molecule has 13 nitrogen and oxygen atoms in total. The predicted molar refractivity (Wildman–Crippen MR) is 86.3 cm³/mol. The van der Waals surface area contributed by atoms with Gasteiger partial charge < -0.3 is 16.8 Å². The Bertz CT molecular complexity index is 935. The molecule has 0 spiro atoms. The number of azo groups is 1. The van der Waals surface area contributed by atoms with Crippen LogP contribution in [-0.2, 0) is 4.79 Å². The third-order valence-corrected chi connectivity index (χ3v) is 2.73. The van der Waals surface area contributed by atoms with Crippen LogP contribution in [0.5, 0.6) is 0 Å². The molecule has 3 rings (SSSR count). The van der Waals surface area contributed by atoms with Crippen molar-refractivity contribution in [3.05, 3.63) is 24.8 Å². The number of hydrogen-bond acceptors (Lipinski definition) is 11. The van der Waals surface area contributed by atoms with Gasteiger partial charge in [-0.2, -0.15) is 24.7 Å². The van der Waals surface area contributed by atoms with E-state index in [9.17, 15) is 4.79 Å². The Morgan fingerprint density at radius 1 is 1.16 bits per heavy atom. The Hall–Kier alpha value is -4.03. The van der Waals surface area contributed by atoms with Crippen molar-refractivity contribution in [2.75, 3.05) is 16.8 Å². The van der Waals surface area contributed by atoms with E-state index in [-0.39, 0.29) is 41.1 Å². The first-order valence-corrected chi connectivity index (χ1v) is 6.84. The van der Waals surface area contributed by atoms with Gasteiger partial charge in [-0.25, -0.2) is 9.97 Å². The lowest BCUT2D eigenvalue weighted by atomic mass is 10.4. The number of carbonyl (C=O) groups excluding carboxylic acids is 1. The Kier molecular flexibility index (Phi) is 4.19. The summed E-state index contributed by atoms with van der Waals surface area (Å²) in [6, 6.07) is 1.66. The van der Waals surface area contributed by atoms with Crippen molar-refractivity contribution >= 4 is 35.1 Å². The molecule has 0 unspecified atom stereocenters. The lowest BCUT2D eigenvalue weighted by Crippen LogP contribution is -2.11. The SMILES string of the molecule is CC(=O)Nc1nc(N)nc(N)c1/N=N/c1ncnn1-c1ncccn1. The number of aromatic nitrogens is 7. The summed E-state index contributed by atoms with van der Waals surface area (Å²) in [5.41, 5.74) is 11.3. The van der Waals surface area contributed by atoms with Crippen molar-refractivity contribution in [2.45, 2.75) is 6.92 Å². The standard InChI is InChI=1S/C12H12N12O/c1-6(25)19-9-7(8(13)20-10(14)21-9)22-23-12-17-5-18-24(12)11-15-3-2-4-16-11/h2-5H,1H3,(H5,13,14,19,20,21,25)/b23-22+. The van der Waals surface area contributed by atoms with Gasteiger partial charge in [0.15, 0.2) is 17.3 Å². The third-order valence-electron chi connectivity index (χ3n) is 2.73. The number of nitrogen functional groups attached to an aromatic ring is 2. The number of nitrogens with one attached hydrogen (secondary N) is 1. The predicted octanol–water partition coefficient (Wildman–Crippen LogP) is 0.385. The topological polar surface area (TPSA) is 188 Å². The van der Waals surface area contributed by atoms with Gasteiger partial charge in [0.2, 0.25) is 11.9 Å². The number of carbonyl (C=O) groups is 1. The quantitative estimate of drug-likeness (QED) is 0.564. The lowest BCUT2D eigenvalue weighted by Gasteiger charge is -2.07. The molecule has 0 fully saturated rings. The molecule has 25 heavy (non-hydrogen) atoms. The molecular weight excluding hydrogens is 328 g/mol. The highest BCUT2D eigenvalue weighted by atomic mass is 16.1. The molecule has 0 aliphatic carbocycles. The molecule has 0 bridgehead atoms. The molecule has 3 heterocycles. The number of nitrogens with zero attached hydrogens (tertiary/aromatic N) is 9. The van der Waals surface area contributed by atoms with Gasteiger partial charge in [-0.15, -0.1) is 10.2 Å². The van der Waals surface area contributed by atoms with Gasteiger partial charge in [-0.1, -0.05) is 0 Å². The molecule has 0 saturated heterocycles. The molecule has 1 amide bonds. The molecule has 126 valence electrons. The fraction of sp³-hybridized carbons (Fsp3) is 0.0833. The van der Waals surface area contributed by atoms with Crippen molar-refractivity contribution in [1.29, 1.82) is 0 Å². The largest absolute Gasteiger partial charge is 0.382 e. The summed E-state index contributed by atoms with van der Waals surface area (Å²) in [6.07, 6.45) is 4.36. The Balaban J connectivity index is 1.99. The maximum atomic E-state index is 11.3. The Labute approximate surface area is 140 Å². The second-order valence-corrected chi connectivity index (χ2v) is 4.57. The van der Waals surface area contributed by atoms with E-state index in [1.807, 2.05) is 0 Å². The summed E-state index contributed by atoms with van der Waals surface area (Å²) >= 11 is 0. The third kappa shape index (κ3) is 3.49. The molecule has 0 aliphatic rings. The van der Waals surface area contributed by atoms with Crippen LogP contribution >= 0.6 is 0 Å². The molecule has 0 saturated carbocycles. The van der Waals surface area contributed by atoms with Crippen LogP contribution < -0.4 is 16.8 Å². The van der Waals surface area contributed by atoms with Gasteiger partial charge >= 0.3 is 0 Å². The van der Waals surface area contributed by atoms with Gasteiger partial charge in [0.25, 0.3) is 11.9 Å². The summed E-state index contributed by atoms with van der Waals surface area (Å²) in [5.74, 6) is -0.157. The molecule has 13 heteroatoms. The molecule has 3 aromatic heterocycles. The number of nitrogens with two attached hydrogens (primary N) is 2. The second kappa shape index (κ2) is 6.61. The number of rotatable bonds is 4. The number of amides is 1. The molecular formula is C12H12N12O. The van der Waals surface area contributed by atoms with E-state index >= 15 is 0 Å². The summed E-state index contributed by atoms with van der Waals surface area (Å²) < 4.78 is 1.27. The van der Waals surface area contributed by atoms with Crippen LogP contribution in [0.1, 0.15) is 6.92 Å². The summed E-state index contributed by atoms with van der Waals surface area (Å²) in [5, 5.41) is 14.3. The molecule has 0 atom stereocenters. The van der Waals surface area contributed by atoms with E-state index < -0.39 is 0 Å². The maximum absolute atomic E-state index is 11.3. The fourth-order valence-electron chi connectivity index (χ4n) is 1.78. The number of anilines is 3. The highest BCUT2D eigenvalue weighted by Crippen LogP contribution is 2.30. The van der Waals surface area contributed by atoms with Crippen molar-refractivity contribution in [1.82, 2.24) is 34.7 Å². The zero-order valence-corrected chi connectivity index (χ0v) is 12.9. The van der Waals surface area contributed by atoms with Crippen molar-refractivity contribution in [3.8, 4) is 5.95 Å². The monoisotopic (exact) mass is 340 g/mol. The van der Waals surface area contributed by atoms with Gasteiger partial charge in [0.1, 0.15) is 6.33 Å². The van der Waals surface area contributed by atoms with Crippen LogP contribution in [0.4, 0.5) is 29.2 Å².